The predicted octanol–water partition coefficient (Wildman–Crippen LogP) is 1.99. The number of hydrogen-bond donors (Lipinski definition) is 0. The smallest absolute Gasteiger partial charge is 0.243 e. The van der Waals surface area contributed by atoms with Gasteiger partial charge in [0, 0.05) is 24.0 Å². The van der Waals surface area contributed by atoms with E-state index in [9.17, 15) is 13.6 Å². The summed E-state index contributed by atoms with van der Waals surface area (Å²) in [4.78, 5) is 19.6. The summed E-state index contributed by atoms with van der Waals surface area (Å²) in [5.41, 5.74) is -0.240. The Hall–Kier alpha value is -2.37. The van der Waals surface area contributed by atoms with Crippen LogP contribution in [0, 0.1) is 11.6 Å². The van der Waals surface area contributed by atoms with Crippen LogP contribution in [0.4, 0.5) is 8.78 Å². The minimum absolute atomic E-state index is 0.00664. The molecule has 2 aromatic rings. The minimum Gasteiger partial charge on any atom is -0.479 e. The predicted molar refractivity (Wildman–Crippen MR) is 58.4 cm³/mol. The summed E-state index contributed by atoms with van der Waals surface area (Å²) in [6.45, 7) is 0. The molecule has 0 fully saturated rings. The van der Waals surface area contributed by atoms with E-state index >= 15 is 0 Å². The van der Waals surface area contributed by atoms with Crippen LogP contribution < -0.4 is 4.74 Å². The van der Waals surface area contributed by atoms with Crippen molar-refractivity contribution in [3.05, 3.63) is 53.5 Å². The number of ether oxygens (including phenoxy) is 1. The number of carbonyl (C=O) groups excluding carboxylic acids is 1. The average Bonchev–Trinajstić information content (AvgIpc) is 2.36. The fourth-order valence-corrected chi connectivity index (χ4v) is 1.45. The molecule has 1 heterocycles. The van der Waals surface area contributed by atoms with Crippen molar-refractivity contribution in [3.8, 4) is 5.88 Å². The van der Waals surface area contributed by atoms with Gasteiger partial charge in [-0.05, 0) is 12.1 Å². The highest BCUT2D eigenvalue weighted by Crippen LogP contribution is 2.17. The van der Waals surface area contributed by atoms with Crippen molar-refractivity contribution < 1.29 is 18.3 Å². The number of aromatic nitrogens is 2. The normalized spacial score (nSPS) is 10.2. The van der Waals surface area contributed by atoms with Crippen molar-refractivity contribution in [2.75, 3.05) is 7.11 Å². The van der Waals surface area contributed by atoms with Crippen molar-refractivity contribution in [2.45, 2.75) is 0 Å². The summed E-state index contributed by atoms with van der Waals surface area (Å²) in [7, 11) is 1.33. The molecule has 0 unspecified atom stereocenters. The molecule has 0 saturated carbocycles. The first-order valence-electron chi connectivity index (χ1n) is 4.97. The fourth-order valence-electron chi connectivity index (χ4n) is 1.45. The molecular formula is C12H8F2N2O2. The fraction of sp³-hybridized carbons (Fsp3) is 0.0833. The van der Waals surface area contributed by atoms with E-state index in [0.29, 0.717) is 6.07 Å². The van der Waals surface area contributed by atoms with Gasteiger partial charge in [-0.1, -0.05) is 0 Å². The van der Waals surface area contributed by atoms with Crippen molar-refractivity contribution in [1.82, 2.24) is 9.97 Å². The molecule has 6 heteroatoms. The van der Waals surface area contributed by atoms with E-state index in [2.05, 4.69) is 9.97 Å². The Morgan fingerprint density at radius 3 is 2.33 bits per heavy atom. The van der Waals surface area contributed by atoms with Gasteiger partial charge in [-0.3, -0.25) is 4.79 Å². The van der Waals surface area contributed by atoms with E-state index in [-0.39, 0.29) is 17.1 Å². The Morgan fingerprint density at radius 2 is 1.72 bits per heavy atom. The third-order valence-corrected chi connectivity index (χ3v) is 2.20. The van der Waals surface area contributed by atoms with E-state index in [1.807, 2.05) is 0 Å². The largest absolute Gasteiger partial charge is 0.479 e. The molecule has 0 aliphatic carbocycles. The van der Waals surface area contributed by atoms with Gasteiger partial charge in [-0.2, -0.15) is 0 Å². The van der Waals surface area contributed by atoms with Gasteiger partial charge in [-0.25, -0.2) is 18.7 Å². The standard InChI is InChI=1S/C12H8F2N2O2/c1-18-12-10(15-2-3-16-12)11(17)7-4-8(13)6-9(14)5-7/h2-6H,1H3. The molecule has 0 atom stereocenters. The maximum absolute atomic E-state index is 13.0. The lowest BCUT2D eigenvalue weighted by atomic mass is 10.1. The molecule has 0 radical (unpaired) electrons. The monoisotopic (exact) mass is 250 g/mol. The summed E-state index contributed by atoms with van der Waals surface area (Å²) in [5.74, 6) is -2.31. The molecule has 0 spiro atoms. The molecule has 0 saturated heterocycles. The molecule has 0 amide bonds. The molecule has 0 N–H and O–H groups in total. The Balaban J connectivity index is 2.47. The van der Waals surface area contributed by atoms with Gasteiger partial charge in [0.05, 0.1) is 7.11 Å². The molecule has 0 aliphatic heterocycles. The maximum Gasteiger partial charge on any atom is 0.243 e. The highest BCUT2D eigenvalue weighted by Gasteiger charge is 2.18. The first-order valence-corrected chi connectivity index (χ1v) is 4.97. The number of rotatable bonds is 3. The quantitative estimate of drug-likeness (QED) is 0.782. The molecule has 0 bridgehead atoms. The van der Waals surface area contributed by atoms with E-state index in [1.165, 1.54) is 19.5 Å². The average molecular weight is 250 g/mol. The summed E-state index contributed by atoms with van der Waals surface area (Å²) < 4.78 is 30.9. The molecule has 0 aliphatic rings. The van der Waals surface area contributed by atoms with Crippen molar-refractivity contribution >= 4 is 5.78 Å². The Bertz CT molecular complexity index is 582. The van der Waals surface area contributed by atoms with Gasteiger partial charge in [0.25, 0.3) is 0 Å². The zero-order valence-corrected chi connectivity index (χ0v) is 9.35. The van der Waals surface area contributed by atoms with Gasteiger partial charge in [-0.15, -0.1) is 0 Å². The van der Waals surface area contributed by atoms with Crippen LogP contribution in [0.5, 0.6) is 5.88 Å². The zero-order chi connectivity index (χ0) is 13.1. The van der Waals surface area contributed by atoms with Gasteiger partial charge in [0.1, 0.15) is 11.6 Å². The molecule has 18 heavy (non-hydrogen) atoms. The third-order valence-electron chi connectivity index (χ3n) is 2.20. The van der Waals surface area contributed by atoms with Crippen molar-refractivity contribution in [1.29, 1.82) is 0 Å². The second-order valence-corrected chi connectivity index (χ2v) is 3.40. The number of carbonyl (C=O) groups is 1. The van der Waals surface area contributed by atoms with Crippen molar-refractivity contribution in [3.63, 3.8) is 0 Å². The van der Waals surface area contributed by atoms with E-state index in [1.54, 1.807) is 0 Å². The van der Waals surface area contributed by atoms with Gasteiger partial charge in [0.2, 0.25) is 11.7 Å². The van der Waals surface area contributed by atoms with Crippen LogP contribution >= 0.6 is 0 Å². The van der Waals surface area contributed by atoms with Crippen LogP contribution in [0.1, 0.15) is 16.1 Å². The number of benzene rings is 1. The summed E-state index contributed by atoms with van der Waals surface area (Å²) in [5, 5.41) is 0. The molecule has 2 rings (SSSR count). The SMILES string of the molecule is COc1nccnc1C(=O)c1cc(F)cc(F)c1. The van der Waals surface area contributed by atoms with Crippen LogP contribution in [-0.4, -0.2) is 22.9 Å². The van der Waals surface area contributed by atoms with Gasteiger partial charge in [0.15, 0.2) is 5.69 Å². The molecule has 1 aromatic heterocycles. The van der Waals surface area contributed by atoms with E-state index in [0.717, 1.165) is 12.1 Å². The first-order chi connectivity index (χ1) is 8.61. The zero-order valence-electron chi connectivity index (χ0n) is 9.35. The lowest BCUT2D eigenvalue weighted by Crippen LogP contribution is -2.08. The van der Waals surface area contributed by atoms with Crippen LogP contribution in [0.2, 0.25) is 0 Å². The maximum atomic E-state index is 13.0. The molecular weight excluding hydrogens is 242 g/mol. The molecule has 4 nitrogen and oxygen atoms in total. The molecule has 1 aromatic carbocycles. The number of methoxy groups -OCH3 is 1. The highest BCUT2D eigenvalue weighted by molar-refractivity contribution is 6.09. The lowest BCUT2D eigenvalue weighted by Gasteiger charge is -2.05. The second-order valence-electron chi connectivity index (χ2n) is 3.40. The van der Waals surface area contributed by atoms with Crippen LogP contribution in [0.3, 0.4) is 0 Å². The Morgan fingerprint density at radius 1 is 1.11 bits per heavy atom. The number of ketones is 1. The topological polar surface area (TPSA) is 52.1 Å². The Labute approximate surface area is 101 Å². The summed E-state index contributed by atoms with van der Waals surface area (Å²) >= 11 is 0. The molecule has 92 valence electrons. The third kappa shape index (κ3) is 2.32. The number of nitrogens with zero attached hydrogens (tertiary/aromatic N) is 2. The summed E-state index contributed by atoms with van der Waals surface area (Å²) in [6, 6.07) is 2.55. The second kappa shape index (κ2) is 4.87. The van der Waals surface area contributed by atoms with Crippen LogP contribution in [-0.2, 0) is 0 Å². The van der Waals surface area contributed by atoms with E-state index < -0.39 is 17.4 Å². The summed E-state index contributed by atoms with van der Waals surface area (Å²) in [6.07, 6.45) is 2.65. The van der Waals surface area contributed by atoms with E-state index in [4.69, 9.17) is 4.74 Å². The van der Waals surface area contributed by atoms with Gasteiger partial charge < -0.3 is 4.74 Å². The minimum atomic E-state index is -0.832. The lowest BCUT2D eigenvalue weighted by molar-refractivity contribution is 0.102. The van der Waals surface area contributed by atoms with Crippen molar-refractivity contribution in [2.24, 2.45) is 0 Å². The van der Waals surface area contributed by atoms with Gasteiger partial charge >= 0.3 is 0 Å². The first kappa shape index (κ1) is 12.1. The Kier molecular flexibility index (Phi) is 3.27. The van der Waals surface area contributed by atoms with Crippen LogP contribution in [0.15, 0.2) is 30.6 Å². The highest BCUT2D eigenvalue weighted by atomic mass is 19.1. The van der Waals surface area contributed by atoms with Crippen LogP contribution in [0.25, 0.3) is 0 Å². The number of hydrogen-bond acceptors (Lipinski definition) is 4. The number of halogens is 2.